The third-order valence-corrected chi connectivity index (χ3v) is 4.99. The highest BCUT2D eigenvalue weighted by Crippen LogP contribution is 2.41. The molecule has 27 heavy (non-hydrogen) atoms. The highest BCUT2D eigenvalue weighted by atomic mass is 19.4. The van der Waals surface area contributed by atoms with Gasteiger partial charge in [0.15, 0.2) is 5.82 Å². The van der Waals surface area contributed by atoms with E-state index in [1.165, 1.54) is 18.1 Å². The Hall–Kier alpha value is -2.36. The number of amides is 1. The summed E-state index contributed by atoms with van der Waals surface area (Å²) in [6, 6.07) is 0.110. The van der Waals surface area contributed by atoms with Crippen LogP contribution in [0.15, 0.2) is 24.8 Å². The van der Waals surface area contributed by atoms with Crippen LogP contribution in [0.2, 0.25) is 0 Å². The van der Waals surface area contributed by atoms with E-state index in [2.05, 4.69) is 10.1 Å². The number of carbonyl (C=O) groups is 1. The van der Waals surface area contributed by atoms with Gasteiger partial charge in [-0.3, -0.25) is 9.48 Å². The molecule has 7 nitrogen and oxygen atoms in total. The standard InChI is InChI=1S/C17H22F3N5O2/c1-12-10-22-25(11-12)13-3-6-24(7-4-13)14(26)9-16(27,17(18,19)20)15-21-5-8-23(15)2/h5,8,10-11,13,27H,3-4,6-7,9H2,1-2H3/t16-/m0/s1. The number of aliphatic hydroxyl groups is 1. The number of rotatable bonds is 4. The number of likely N-dealkylation sites (tertiary alicyclic amines) is 1. The highest BCUT2D eigenvalue weighted by molar-refractivity contribution is 5.77. The number of halogens is 3. The predicted octanol–water partition coefficient (Wildman–Crippen LogP) is 1.93. The number of carbonyl (C=O) groups excluding carboxylic acids is 1. The second kappa shape index (κ2) is 6.99. The number of imidazole rings is 1. The van der Waals surface area contributed by atoms with E-state index in [4.69, 9.17) is 0 Å². The first-order valence-electron chi connectivity index (χ1n) is 8.67. The van der Waals surface area contributed by atoms with Crippen LogP contribution in [0.1, 0.15) is 36.7 Å². The minimum absolute atomic E-state index is 0.110. The Morgan fingerprint density at radius 3 is 2.48 bits per heavy atom. The lowest BCUT2D eigenvalue weighted by atomic mass is 9.95. The molecule has 1 aliphatic heterocycles. The summed E-state index contributed by atoms with van der Waals surface area (Å²) < 4.78 is 43.6. The van der Waals surface area contributed by atoms with Crippen molar-refractivity contribution in [1.82, 2.24) is 24.2 Å². The Kier molecular flexibility index (Phi) is 5.02. The summed E-state index contributed by atoms with van der Waals surface area (Å²) in [6.45, 7) is 2.56. The Bertz CT molecular complexity index is 808. The summed E-state index contributed by atoms with van der Waals surface area (Å²) in [5.74, 6) is -1.34. The van der Waals surface area contributed by atoms with Gasteiger partial charge in [0.1, 0.15) is 0 Å². The minimum Gasteiger partial charge on any atom is -0.374 e. The van der Waals surface area contributed by atoms with Crippen LogP contribution < -0.4 is 0 Å². The molecule has 1 saturated heterocycles. The van der Waals surface area contributed by atoms with Crippen molar-refractivity contribution in [3.8, 4) is 0 Å². The second-order valence-electron chi connectivity index (χ2n) is 7.01. The van der Waals surface area contributed by atoms with Gasteiger partial charge in [0.25, 0.3) is 0 Å². The van der Waals surface area contributed by atoms with Crippen molar-refractivity contribution >= 4 is 5.91 Å². The van der Waals surface area contributed by atoms with Gasteiger partial charge in [0, 0.05) is 38.7 Å². The molecule has 1 fully saturated rings. The van der Waals surface area contributed by atoms with Crippen LogP contribution in [0, 0.1) is 6.92 Å². The van der Waals surface area contributed by atoms with E-state index in [0.717, 1.165) is 16.3 Å². The number of aryl methyl sites for hydroxylation is 2. The largest absolute Gasteiger partial charge is 0.425 e. The van der Waals surface area contributed by atoms with E-state index in [0.29, 0.717) is 25.9 Å². The van der Waals surface area contributed by atoms with E-state index in [-0.39, 0.29) is 6.04 Å². The summed E-state index contributed by atoms with van der Waals surface area (Å²) in [5.41, 5.74) is -2.29. The Balaban J connectivity index is 1.69. The molecule has 1 N–H and O–H groups in total. The first kappa shape index (κ1) is 19.4. The average Bonchev–Trinajstić information content (AvgIpc) is 3.22. The molecule has 1 atom stereocenters. The molecule has 10 heteroatoms. The van der Waals surface area contributed by atoms with Crippen molar-refractivity contribution < 1.29 is 23.1 Å². The van der Waals surface area contributed by atoms with Gasteiger partial charge in [-0.1, -0.05) is 0 Å². The molecule has 0 aromatic carbocycles. The van der Waals surface area contributed by atoms with Gasteiger partial charge in [-0.25, -0.2) is 4.98 Å². The van der Waals surface area contributed by atoms with E-state index in [1.54, 1.807) is 6.20 Å². The fourth-order valence-electron chi connectivity index (χ4n) is 3.41. The molecule has 2 aromatic rings. The fraction of sp³-hybridized carbons (Fsp3) is 0.588. The number of nitrogens with zero attached hydrogens (tertiary/aromatic N) is 5. The number of hydrogen-bond donors (Lipinski definition) is 1. The zero-order chi connectivity index (χ0) is 19.8. The molecule has 1 aliphatic rings. The van der Waals surface area contributed by atoms with Crippen LogP contribution >= 0.6 is 0 Å². The number of aromatic nitrogens is 4. The quantitative estimate of drug-likeness (QED) is 0.873. The molecule has 2 aromatic heterocycles. The van der Waals surface area contributed by atoms with Crippen molar-refractivity contribution in [1.29, 1.82) is 0 Å². The fourth-order valence-corrected chi connectivity index (χ4v) is 3.41. The van der Waals surface area contributed by atoms with Crippen molar-refractivity contribution in [2.75, 3.05) is 13.1 Å². The maximum Gasteiger partial charge on any atom is 0.425 e. The molecule has 0 aliphatic carbocycles. The molecule has 0 spiro atoms. The first-order valence-corrected chi connectivity index (χ1v) is 8.67. The molecule has 1 amide bonds. The van der Waals surface area contributed by atoms with Gasteiger partial charge >= 0.3 is 6.18 Å². The summed E-state index contributed by atoms with van der Waals surface area (Å²) in [6.07, 6.45) is 1.20. The van der Waals surface area contributed by atoms with Gasteiger partial charge < -0.3 is 14.6 Å². The summed E-state index contributed by atoms with van der Waals surface area (Å²) in [7, 11) is 1.35. The Morgan fingerprint density at radius 1 is 1.33 bits per heavy atom. The molecular formula is C17H22F3N5O2. The maximum absolute atomic E-state index is 13.6. The minimum atomic E-state index is -5.02. The van der Waals surface area contributed by atoms with E-state index < -0.39 is 29.9 Å². The zero-order valence-corrected chi connectivity index (χ0v) is 15.1. The van der Waals surface area contributed by atoms with Crippen molar-refractivity contribution in [3.63, 3.8) is 0 Å². The summed E-state index contributed by atoms with van der Waals surface area (Å²) in [5, 5.41) is 14.6. The lowest BCUT2D eigenvalue weighted by Crippen LogP contribution is -2.49. The lowest BCUT2D eigenvalue weighted by Gasteiger charge is -2.35. The van der Waals surface area contributed by atoms with Crippen molar-refractivity contribution in [2.24, 2.45) is 7.05 Å². The number of hydrogen-bond acceptors (Lipinski definition) is 4. The highest BCUT2D eigenvalue weighted by Gasteiger charge is 2.59. The van der Waals surface area contributed by atoms with E-state index in [9.17, 15) is 23.1 Å². The molecule has 0 unspecified atom stereocenters. The number of alkyl halides is 3. The topological polar surface area (TPSA) is 76.2 Å². The monoisotopic (exact) mass is 385 g/mol. The SMILES string of the molecule is Cc1cnn(C2CCN(C(=O)C[C@](O)(c3nccn3C)C(F)(F)F)CC2)c1. The van der Waals surface area contributed by atoms with E-state index >= 15 is 0 Å². The van der Waals surface area contributed by atoms with E-state index in [1.807, 2.05) is 17.8 Å². The maximum atomic E-state index is 13.6. The van der Waals surface area contributed by atoms with Gasteiger partial charge in [0.2, 0.25) is 11.5 Å². The molecule has 3 rings (SSSR count). The van der Waals surface area contributed by atoms with Gasteiger partial charge in [-0.05, 0) is 25.3 Å². The third kappa shape index (κ3) is 3.71. The molecule has 148 valence electrons. The van der Waals surface area contributed by atoms with Crippen molar-refractivity contribution in [3.05, 3.63) is 36.2 Å². The van der Waals surface area contributed by atoms with Gasteiger partial charge in [-0.2, -0.15) is 18.3 Å². The molecule has 3 heterocycles. The zero-order valence-electron chi connectivity index (χ0n) is 15.1. The predicted molar refractivity (Wildman–Crippen MR) is 89.6 cm³/mol. The Morgan fingerprint density at radius 2 is 2.00 bits per heavy atom. The van der Waals surface area contributed by atoms with Gasteiger partial charge in [0.05, 0.1) is 18.7 Å². The van der Waals surface area contributed by atoms with Crippen molar-refractivity contribution in [2.45, 2.75) is 44.0 Å². The smallest absolute Gasteiger partial charge is 0.374 e. The Labute approximate surface area is 154 Å². The van der Waals surface area contributed by atoms with Crippen LogP contribution in [-0.2, 0) is 17.4 Å². The first-order chi connectivity index (χ1) is 12.6. The lowest BCUT2D eigenvalue weighted by molar-refractivity contribution is -0.272. The van der Waals surface area contributed by atoms with Crippen LogP contribution in [0.4, 0.5) is 13.2 Å². The third-order valence-electron chi connectivity index (χ3n) is 4.99. The van der Waals surface area contributed by atoms with Crippen LogP contribution in [0.3, 0.4) is 0 Å². The van der Waals surface area contributed by atoms with Crippen LogP contribution in [-0.4, -0.2) is 54.5 Å². The summed E-state index contributed by atoms with van der Waals surface area (Å²) >= 11 is 0. The normalized spacial score (nSPS) is 18.5. The van der Waals surface area contributed by atoms with Crippen LogP contribution in [0.5, 0.6) is 0 Å². The second-order valence-corrected chi connectivity index (χ2v) is 7.01. The average molecular weight is 385 g/mol. The number of piperidine rings is 1. The van der Waals surface area contributed by atoms with Gasteiger partial charge in [-0.15, -0.1) is 0 Å². The molecular weight excluding hydrogens is 363 g/mol. The van der Waals surface area contributed by atoms with Crippen LogP contribution in [0.25, 0.3) is 0 Å². The molecule has 0 saturated carbocycles. The summed E-state index contributed by atoms with van der Waals surface area (Å²) in [4.78, 5) is 17.5. The molecule has 0 radical (unpaired) electrons. The molecule has 0 bridgehead atoms.